The second-order valence-corrected chi connectivity index (χ2v) is 3.82. The molecule has 0 unspecified atom stereocenters. The minimum Gasteiger partial charge on any atom is -0.363 e. The van der Waals surface area contributed by atoms with Crippen LogP contribution in [0.4, 0.5) is 5.69 Å². The van der Waals surface area contributed by atoms with Gasteiger partial charge in [-0.05, 0) is 12.1 Å². The molecule has 1 aromatic heterocycles. The minimum atomic E-state index is 0.748. The van der Waals surface area contributed by atoms with Gasteiger partial charge in [-0.15, -0.1) is 0 Å². The summed E-state index contributed by atoms with van der Waals surface area (Å²) in [6.45, 7) is 4.87. The number of hydrogen-bond donors (Lipinski definition) is 0. The van der Waals surface area contributed by atoms with Crippen LogP contribution in [0.1, 0.15) is 0 Å². The number of nitrogens with zero attached hydrogens (tertiary/aromatic N) is 3. The third-order valence-electron chi connectivity index (χ3n) is 3.01. The van der Waals surface area contributed by atoms with Gasteiger partial charge in [-0.1, -0.05) is 0 Å². The predicted octanol–water partition coefficient (Wildman–Crippen LogP) is 0.586. The largest absolute Gasteiger partial charge is 0.363 e. The molecular weight excluding hydrogens is 162 g/mol. The van der Waals surface area contributed by atoms with Crippen LogP contribution < -0.4 is 4.90 Å². The monoisotopic (exact) mass is 175 g/mol. The average Bonchev–Trinajstić information content (AvgIpc) is 2.18. The Morgan fingerprint density at radius 1 is 1.31 bits per heavy atom. The molecule has 3 aliphatic rings. The number of rotatable bonds is 1. The number of fused-ring (bicyclic) bond motifs is 2. The molecule has 3 heteroatoms. The molecular formula is C10H13N3. The van der Waals surface area contributed by atoms with Crippen molar-refractivity contribution in [1.82, 2.24) is 9.88 Å². The summed E-state index contributed by atoms with van der Waals surface area (Å²) < 4.78 is 0. The van der Waals surface area contributed by atoms with Gasteiger partial charge in [0.25, 0.3) is 0 Å². The highest BCUT2D eigenvalue weighted by atomic mass is 15.4. The lowest BCUT2D eigenvalue weighted by Gasteiger charge is -2.52. The lowest BCUT2D eigenvalue weighted by molar-refractivity contribution is 0.110. The topological polar surface area (TPSA) is 19.4 Å². The highest BCUT2D eigenvalue weighted by Crippen LogP contribution is 2.25. The molecule has 3 nitrogen and oxygen atoms in total. The SMILES string of the molecule is c1cncc(N2CCN3CC2C3)c1. The van der Waals surface area contributed by atoms with Crippen LogP contribution in [-0.2, 0) is 0 Å². The summed E-state index contributed by atoms with van der Waals surface area (Å²) in [4.78, 5) is 9.13. The highest BCUT2D eigenvalue weighted by Gasteiger charge is 2.36. The fourth-order valence-corrected chi connectivity index (χ4v) is 2.22. The van der Waals surface area contributed by atoms with Crippen LogP contribution in [-0.4, -0.2) is 42.1 Å². The molecule has 4 heterocycles. The molecule has 0 atom stereocenters. The van der Waals surface area contributed by atoms with Gasteiger partial charge >= 0.3 is 0 Å². The van der Waals surface area contributed by atoms with E-state index in [1.807, 2.05) is 18.5 Å². The Morgan fingerprint density at radius 3 is 2.85 bits per heavy atom. The fraction of sp³-hybridized carbons (Fsp3) is 0.500. The van der Waals surface area contributed by atoms with E-state index in [2.05, 4.69) is 20.9 Å². The highest BCUT2D eigenvalue weighted by molar-refractivity contribution is 5.46. The van der Waals surface area contributed by atoms with Crippen LogP contribution in [0.15, 0.2) is 24.5 Å². The van der Waals surface area contributed by atoms with Crippen molar-refractivity contribution < 1.29 is 0 Å². The van der Waals surface area contributed by atoms with E-state index >= 15 is 0 Å². The van der Waals surface area contributed by atoms with E-state index in [1.165, 1.54) is 25.3 Å². The van der Waals surface area contributed by atoms with Gasteiger partial charge < -0.3 is 4.90 Å². The zero-order valence-corrected chi connectivity index (χ0v) is 7.56. The van der Waals surface area contributed by atoms with Crippen molar-refractivity contribution in [2.24, 2.45) is 0 Å². The van der Waals surface area contributed by atoms with E-state index < -0.39 is 0 Å². The normalized spacial score (nSPS) is 31.2. The smallest absolute Gasteiger partial charge is 0.0556 e. The molecule has 4 rings (SSSR count). The van der Waals surface area contributed by atoms with Crippen molar-refractivity contribution in [3.8, 4) is 0 Å². The third kappa shape index (κ3) is 1.11. The second-order valence-electron chi connectivity index (χ2n) is 3.82. The number of anilines is 1. The molecule has 3 saturated heterocycles. The molecule has 2 bridgehead atoms. The summed E-state index contributed by atoms with van der Waals surface area (Å²) in [5.74, 6) is 0. The van der Waals surface area contributed by atoms with E-state index in [0.717, 1.165) is 12.6 Å². The molecule has 0 aliphatic carbocycles. The molecule has 0 aromatic carbocycles. The first-order valence-corrected chi connectivity index (χ1v) is 4.82. The van der Waals surface area contributed by atoms with Crippen molar-refractivity contribution >= 4 is 5.69 Å². The maximum absolute atomic E-state index is 4.16. The fourth-order valence-electron chi connectivity index (χ4n) is 2.22. The Balaban J connectivity index is 1.85. The van der Waals surface area contributed by atoms with Gasteiger partial charge in [-0.2, -0.15) is 0 Å². The summed E-state index contributed by atoms with van der Waals surface area (Å²) in [5, 5.41) is 0. The standard InChI is InChI=1S/C10H13N3/c1-2-9(6-11-3-1)13-5-4-12-7-10(13)8-12/h1-3,6,10H,4-5,7-8H2. The summed E-state index contributed by atoms with van der Waals surface area (Å²) >= 11 is 0. The van der Waals surface area contributed by atoms with Crippen LogP contribution in [0.3, 0.4) is 0 Å². The molecule has 3 fully saturated rings. The molecule has 3 aliphatic heterocycles. The van der Waals surface area contributed by atoms with Crippen molar-refractivity contribution in [2.75, 3.05) is 31.1 Å². The molecule has 68 valence electrons. The van der Waals surface area contributed by atoms with Crippen molar-refractivity contribution in [1.29, 1.82) is 0 Å². The van der Waals surface area contributed by atoms with Crippen LogP contribution in [0.5, 0.6) is 0 Å². The van der Waals surface area contributed by atoms with E-state index in [1.54, 1.807) is 0 Å². The van der Waals surface area contributed by atoms with Gasteiger partial charge in [0.15, 0.2) is 0 Å². The maximum Gasteiger partial charge on any atom is 0.0556 e. The van der Waals surface area contributed by atoms with Gasteiger partial charge in [-0.3, -0.25) is 9.88 Å². The molecule has 1 aromatic rings. The van der Waals surface area contributed by atoms with Crippen molar-refractivity contribution in [2.45, 2.75) is 6.04 Å². The average molecular weight is 175 g/mol. The first-order chi connectivity index (χ1) is 6.43. The molecule has 0 N–H and O–H groups in total. The molecule has 0 spiro atoms. The van der Waals surface area contributed by atoms with Gasteiger partial charge in [0.2, 0.25) is 0 Å². The minimum absolute atomic E-state index is 0.748. The number of piperazine rings is 2. The summed E-state index contributed by atoms with van der Waals surface area (Å²) in [7, 11) is 0. The van der Waals surface area contributed by atoms with Gasteiger partial charge in [0.05, 0.1) is 17.9 Å². The Bertz CT molecular complexity index is 290. The number of pyridine rings is 1. The van der Waals surface area contributed by atoms with E-state index in [9.17, 15) is 0 Å². The van der Waals surface area contributed by atoms with Crippen LogP contribution in [0.2, 0.25) is 0 Å². The molecule has 0 radical (unpaired) electrons. The first-order valence-electron chi connectivity index (χ1n) is 4.82. The zero-order chi connectivity index (χ0) is 8.67. The quantitative estimate of drug-likeness (QED) is 0.622. The Labute approximate surface area is 78.0 Å². The van der Waals surface area contributed by atoms with Gasteiger partial charge in [-0.25, -0.2) is 0 Å². The molecule has 0 amide bonds. The van der Waals surface area contributed by atoms with Gasteiger partial charge in [0, 0.05) is 32.4 Å². The summed E-state index contributed by atoms with van der Waals surface area (Å²) in [6, 6.07) is 4.92. The van der Waals surface area contributed by atoms with Crippen LogP contribution >= 0.6 is 0 Å². The zero-order valence-electron chi connectivity index (χ0n) is 7.56. The third-order valence-corrected chi connectivity index (χ3v) is 3.01. The van der Waals surface area contributed by atoms with Crippen LogP contribution in [0.25, 0.3) is 0 Å². The Kier molecular flexibility index (Phi) is 1.52. The molecule has 13 heavy (non-hydrogen) atoms. The summed E-state index contributed by atoms with van der Waals surface area (Å²) in [5.41, 5.74) is 1.28. The molecule has 0 saturated carbocycles. The van der Waals surface area contributed by atoms with Gasteiger partial charge in [0.1, 0.15) is 0 Å². The van der Waals surface area contributed by atoms with Crippen molar-refractivity contribution in [3.05, 3.63) is 24.5 Å². The maximum atomic E-state index is 4.16. The number of hydrogen-bond acceptors (Lipinski definition) is 3. The second kappa shape index (κ2) is 2.70. The Hall–Kier alpha value is -1.09. The number of aromatic nitrogens is 1. The van der Waals surface area contributed by atoms with E-state index in [0.29, 0.717) is 0 Å². The lowest BCUT2D eigenvalue weighted by atomic mass is 10.0. The first kappa shape index (κ1) is 7.33. The van der Waals surface area contributed by atoms with E-state index in [4.69, 9.17) is 0 Å². The van der Waals surface area contributed by atoms with Crippen molar-refractivity contribution in [3.63, 3.8) is 0 Å². The predicted molar refractivity (Wildman–Crippen MR) is 51.8 cm³/mol. The Morgan fingerprint density at radius 2 is 2.23 bits per heavy atom. The summed E-state index contributed by atoms with van der Waals surface area (Å²) in [6.07, 6.45) is 3.80. The van der Waals surface area contributed by atoms with Crippen LogP contribution in [0, 0.1) is 0 Å². The van der Waals surface area contributed by atoms with E-state index in [-0.39, 0.29) is 0 Å². The lowest BCUT2D eigenvalue weighted by Crippen LogP contribution is -2.66.